The van der Waals surface area contributed by atoms with Crippen molar-refractivity contribution >= 4 is 45.1 Å². The Kier molecular flexibility index (Phi) is 8.98. The maximum Gasteiger partial charge on any atom is 0.258 e. The number of piperidine rings is 1. The molecule has 2 amide bonds. The predicted octanol–water partition coefficient (Wildman–Crippen LogP) is 3.31. The second kappa shape index (κ2) is 11.7. The summed E-state index contributed by atoms with van der Waals surface area (Å²) in [6.45, 7) is 6.68. The molecule has 2 heterocycles. The van der Waals surface area contributed by atoms with Crippen molar-refractivity contribution in [2.24, 2.45) is 4.99 Å². The molecule has 9 heteroatoms. The molecule has 170 valence electrons. The minimum Gasteiger partial charge on any atom is -0.497 e. The number of carbonyl (C=O) groups excluding carboxylic acids is 2. The molecule has 1 saturated heterocycles. The number of thioether (sulfide) groups is 1. The number of carbonyl (C=O) groups is 2. The highest BCUT2D eigenvalue weighted by Crippen LogP contribution is 2.23. The molecule has 1 atom stereocenters. The smallest absolute Gasteiger partial charge is 0.258 e. The van der Waals surface area contributed by atoms with Gasteiger partial charge < -0.3 is 18.9 Å². The molecule has 0 aliphatic carbocycles. The molecular formula is C22H31N3O4S2. The van der Waals surface area contributed by atoms with Crippen LogP contribution in [0.4, 0.5) is 0 Å². The number of benzene rings is 1. The lowest BCUT2D eigenvalue weighted by atomic mass is 10.0. The van der Waals surface area contributed by atoms with Crippen LogP contribution in [0.3, 0.4) is 0 Å². The zero-order chi connectivity index (χ0) is 22.2. The van der Waals surface area contributed by atoms with Gasteiger partial charge in [-0.25, -0.2) is 0 Å². The van der Waals surface area contributed by atoms with E-state index < -0.39 is 0 Å². The summed E-state index contributed by atoms with van der Waals surface area (Å²) in [5.74, 6) is 1.17. The van der Waals surface area contributed by atoms with E-state index >= 15 is 0 Å². The van der Waals surface area contributed by atoms with Gasteiger partial charge in [-0.2, -0.15) is 4.99 Å². The number of ether oxygens (including phenoxy) is 2. The molecule has 0 spiro atoms. The number of hydrogen-bond donors (Lipinski definition) is 0. The first-order valence-corrected chi connectivity index (χ1v) is 12.7. The van der Waals surface area contributed by atoms with Gasteiger partial charge in [0, 0.05) is 25.7 Å². The third kappa shape index (κ3) is 6.33. The van der Waals surface area contributed by atoms with Crippen LogP contribution in [0.2, 0.25) is 0 Å². The van der Waals surface area contributed by atoms with E-state index in [1.165, 1.54) is 29.5 Å². The molecule has 2 aromatic rings. The molecule has 1 aromatic carbocycles. The van der Waals surface area contributed by atoms with Crippen molar-refractivity contribution in [2.75, 3.05) is 38.4 Å². The van der Waals surface area contributed by atoms with Crippen LogP contribution in [0.15, 0.2) is 23.2 Å². The summed E-state index contributed by atoms with van der Waals surface area (Å²) in [7, 11) is 1.63. The first-order valence-electron chi connectivity index (χ1n) is 10.7. The molecule has 1 aromatic heterocycles. The van der Waals surface area contributed by atoms with Crippen LogP contribution in [0.25, 0.3) is 10.2 Å². The van der Waals surface area contributed by atoms with Gasteiger partial charge in [0.15, 0.2) is 4.80 Å². The molecule has 1 unspecified atom stereocenters. The van der Waals surface area contributed by atoms with Crippen molar-refractivity contribution in [3.63, 3.8) is 0 Å². The van der Waals surface area contributed by atoms with Gasteiger partial charge >= 0.3 is 0 Å². The molecule has 1 aliphatic heterocycles. The first kappa shape index (κ1) is 23.8. The predicted molar refractivity (Wildman–Crippen MR) is 126 cm³/mol. The largest absolute Gasteiger partial charge is 0.497 e. The van der Waals surface area contributed by atoms with E-state index in [9.17, 15) is 9.59 Å². The van der Waals surface area contributed by atoms with Crippen LogP contribution in [0.1, 0.15) is 33.1 Å². The Balaban J connectivity index is 1.68. The molecule has 3 rings (SSSR count). The Hall–Kier alpha value is -1.84. The van der Waals surface area contributed by atoms with Crippen molar-refractivity contribution in [3.8, 4) is 5.75 Å². The van der Waals surface area contributed by atoms with Crippen LogP contribution in [0, 0.1) is 0 Å². The molecule has 7 nitrogen and oxygen atoms in total. The zero-order valence-corrected chi connectivity index (χ0v) is 20.1. The zero-order valence-electron chi connectivity index (χ0n) is 18.5. The Labute approximate surface area is 191 Å². The molecular weight excluding hydrogens is 434 g/mol. The number of rotatable bonds is 9. The molecule has 0 bridgehead atoms. The Morgan fingerprint density at radius 1 is 1.29 bits per heavy atom. The minimum absolute atomic E-state index is 0.116. The monoisotopic (exact) mass is 465 g/mol. The van der Waals surface area contributed by atoms with Gasteiger partial charge in [-0.3, -0.25) is 9.59 Å². The second-order valence-electron chi connectivity index (χ2n) is 7.50. The van der Waals surface area contributed by atoms with Gasteiger partial charge in [0.1, 0.15) is 5.75 Å². The lowest BCUT2D eigenvalue weighted by Gasteiger charge is -2.33. The van der Waals surface area contributed by atoms with E-state index in [2.05, 4.69) is 11.9 Å². The third-order valence-corrected chi connectivity index (χ3v) is 7.29. The topological polar surface area (TPSA) is 73.1 Å². The van der Waals surface area contributed by atoms with Gasteiger partial charge in [-0.15, -0.1) is 11.8 Å². The summed E-state index contributed by atoms with van der Waals surface area (Å²) in [6.07, 6.45) is 3.30. The average molecular weight is 466 g/mol. The highest BCUT2D eigenvalue weighted by Gasteiger charge is 2.23. The fourth-order valence-electron chi connectivity index (χ4n) is 3.70. The number of methoxy groups -OCH3 is 1. The quantitative estimate of drug-likeness (QED) is 0.531. The Morgan fingerprint density at radius 3 is 2.87 bits per heavy atom. The standard InChI is InChI=1S/C22H31N3O4S2/c1-4-29-12-11-25-18-9-8-17(28-3)13-19(18)31-22(25)23-20(26)14-30-15-21(27)24-10-6-5-7-16(24)2/h8-9,13,16H,4-7,10-12,14-15H2,1-3H3. The number of amides is 2. The number of thiazole rings is 1. The van der Waals surface area contributed by atoms with E-state index in [0.29, 0.717) is 36.4 Å². The van der Waals surface area contributed by atoms with Gasteiger partial charge in [0.05, 0.1) is 35.4 Å². The fourth-order valence-corrected chi connectivity index (χ4v) is 5.48. The number of fused-ring (bicyclic) bond motifs is 1. The van der Waals surface area contributed by atoms with Gasteiger partial charge in [0.25, 0.3) is 5.91 Å². The van der Waals surface area contributed by atoms with Crippen LogP contribution >= 0.6 is 23.1 Å². The van der Waals surface area contributed by atoms with Crippen molar-refractivity contribution in [2.45, 2.75) is 45.7 Å². The van der Waals surface area contributed by atoms with Crippen molar-refractivity contribution in [1.82, 2.24) is 9.47 Å². The highest BCUT2D eigenvalue weighted by molar-refractivity contribution is 8.00. The first-order chi connectivity index (χ1) is 15.0. The van der Waals surface area contributed by atoms with Crippen LogP contribution in [-0.2, 0) is 20.9 Å². The van der Waals surface area contributed by atoms with E-state index in [4.69, 9.17) is 9.47 Å². The summed E-state index contributed by atoms with van der Waals surface area (Å²) < 4.78 is 13.8. The second-order valence-corrected chi connectivity index (χ2v) is 9.49. The minimum atomic E-state index is -0.229. The van der Waals surface area contributed by atoms with Crippen molar-refractivity contribution < 1.29 is 19.1 Å². The van der Waals surface area contributed by atoms with Gasteiger partial charge in [-0.1, -0.05) is 11.3 Å². The number of aromatic nitrogens is 1. The van der Waals surface area contributed by atoms with Crippen LogP contribution in [0.5, 0.6) is 5.75 Å². The summed E-state index contributed by atoms with van der Waals surface area (Å²) in [4.78, 5) is 31.9. The number of nitrogens with zero attached hydrogens (tertiary/aromatic N) is 3. The molecule has 0 N–H and O–H groups in total. The fraction of sp³-hybridized carbons (Fsp3) is 0.591. The summed E-state index contributed by atoms with van der Waals surface area (Å²) in [5.41, 5.74) is 0.999. The molecule has 0 radical (unpaired) electrons. The third-order valence-electron chi connectivity index (χ3n) is 5.35. The summed E-state index contributed by atoms with van der Waals surface area (Å²) in [5, 5.41) is 0. The Morgan fingerprint density at radius 2 is 2.13 bits per heavy atom. The lowest BCUT2D eigenvalue weighted by molar-refractivity contribution is -0.131. The van der Waals surface area contributed by atoms with Crippen molar-refractivity contribution in [1.29, 1.82) is 0 Å². The maximum absolute atomic E-state index is 12.5. The Bertz CT molecular complexity index is 969. The normalized spacial score (nSPS) is 17.3. The van der Waals surface area contributed by atoms with Crippen LogP contribution in [-0.4, -0.2) is 65.7 Å². The summed E-state index contributed by atoms with van der Waals surface area (Å²) >= 11 is 2.80. The van der Waals surface area contributed by atoms with E-state index in [1.54, 1.807) is 7.11 Å². The van der Waals surface area contributed by atoms with Gasteiger partial charge in [0.2, 0.25) is 5.91 Å². The van der Waals surface area contributed by atoms with Crippen molar-refractivity contribution in [3.05, 3.63) is 23.0 Å². The maximum atomic E-state index is 12.5. The molecule has 1 fully saturated rings. The SMILES string of the molecule is CCOCCn1c(=NC(=O)CSCC(=O)N2CCCCC2C)sc2cc(OC)ccc21. The highest BCUT2D eigenvalue weighted by atomic mass is 32.2. The average Bonchev–Trinajstić information content (AvgIpc) is 3.10. The van der Waals surface area contributed by atoms with E-state index in [0.717, 1.165) is 35.4 Å². The van der Waals surface area contributed by atoms with E-state index in [1.807, 2.05) is 34.6 Å². The molecule has 0 saturated carbocycles. The number of likely N-dealkylation sites (tertiary alicyclic amines) is 1. The van der Waals surface area contributed by atoms with Gasteiger partial charge in [-0.05, 0) is 51.3 Å². The lowest BCUT2D eigenvalue weighted by Crippen LogP contribution is -2.43. The number of hydrogen-bond acceptors (Lipinski definition) is 6. The summed E-state index contributed by atoms with van der Waals surface area (Å²) in [6, 6.07) is 6.13. The molecule has 31 heavy (non-hydrogen) atoms. The molecule has 1 aliphatic rings. The van der Waals surface area contributed by atoms with E-state index in [-0.39, 0.29) is 17.6 Å². The van der Waals surface area contributed by atoms with Crippen LogP contribution < -0.4 is 9.54 Å².